The van der Waals surface area contributed by atoms with Crippen LogP contribution in [-0.4, -0.2) is 56.1 Å². The summed E-state index contributed by atoms with van der Waals surface area (Å²) in [5, 5.41) is 5.07. The third-order valence-corrected chi connectivity index (χ3v) is 3.52. The number of rotatable bonds is 3. The topological polar surface area (TPSA) is 47.6 Å². The van der Waals surface area contributed by atoms with Crippen LogP contribution in [0.25, 0.3) is 0 Å². The van der Waals surface area contributed by atoms with E-state index in [1.54, 1.807) is 0 Å². The number of amides is 1. The Bertz CT molecular complexity index is 453. The largest absolute Gasteiger partial charge is 0.388 e. The van der Waals surface area contributed by atoms with E-state index in [2.05, 4.69) is 22.7 Å². The number of carbonyl (C=O) groups is 1. The quantitative estimate of drug-likeness (QED) is 0.851. The van der Waals surface area contributed by atoms with Crippen molar-refractivity contribution in [3.63, 3.8) is 0 Å². The molecule has 2 rings (SSSR count). The predicted octanol–water partition coefficient (Wildman–Crippen LogP) is 0.929. The maximum absolute atomic E-state index is 12.2. The van der Waals surface area contributed by atoms with Crippen molar-refractivity contribution < 1.29 is 4.79 Å². The van der Waals surface area contributed by atoms with Gasteiger partial charge in [0.15, 0.2) is 0 Å². The van der Waals surface area contributed by atoms with E-state index in [-0.39, 0.29) is 5.91 Å². The van der Waals surface area contributed by atoms with Crippen LogP contribution >= 0.6 is 0 Å². The molecule has 1 fully saturated rings. The molecule has 5 heteroatoms. The molecule has 2 N–H and O–H groups in total. The van der Waals surface area contributed by atoms with Gasteiger partial charge in [0.25, 0.3) is 5.91 Å². The first-order valence-electron chi connectivity index (χ1n) is 6.63. The number of nitrogens with zero attached hydrogens (tertiary/aromatic N) is 2. The zero-order valence-corrected chi connectivity index (χ0v) is 11.9. The van der Waals surface area contributed by atoms with E-state index >= 15 is 0 Å². The third-order valence-electron chi connectivity index (χ3n) is 3.52. The molecule has 1 heterocycles. The Morgan fingerprint density at radius 2 is 1.89 bits per heavy atom. The van der Waals surface area contributed by atoms with Gasteiger partial charge in [-0.3, -0.25) is 10.2 Å². The van der Waals surface area contributed by atoms with Gasteiger partial charge in [-0.25, -0.2) is 5.01 Å². The average molecular weight is 262 g/mol. The fourth-order valence-corrected chi connectivity index (χ4v) is 2.20. The molecule has 5 nitrogen and oxygen atoms in total. The average Bonchev–Trinajstić information content (AvgIpc) is 2.41. The Morgan fingerprint density at radius 3 is 2.47 bits per heavy atom. The smallest absolute Gasteiger partial charge is 0.265 e. The fraction of sp³-hybridized carbons (Fsp3) is 0.500. The number of carbonyl (C=O) groups excluding carboxylic acids is 1. The van der Waals surface area contributed by atoms with Crippen LogP contribution in [0.1, 0.15) is 15.9 Å². The first-order valence-corrected chi connectivity index (χ1v) is 6.63. The van der Waals surface area contributed by atoms with Crippen molar-refractivity contribution in [2.45, 2.75) is 6.92 Å². The maximum Gasteiger partial charge on any atom is 0.265 e. The van der Waals surface area contributed by atoms with Crippen molar-refractivity contribution in [1.82, 2.24) is 15.3 Å². The highest BCUT2D eigenvalue weighted by molar-refractivity contribution is 5.95. The van der Waals surface area contributed by atoms with Crippen LogP contribution in [0.2, 0.25) is 0 Å². The molecule has 1 saturated heterocycles. The number of anilines is 1. The summed E-state index contributed by atoms with van der Waals surface area (Å²) >= 11 is 0. The SMILES string of the molecule is CNc1ccc(C(=O)NN2CCN(C)CC2)c(C)c1. The highest BCUT2D eigenvalue weighted by Crippen LogP contribution is 2.14. The lowest BCUT2D eigenvalue weighted by atomic mass is 10.1. The van der Waals surface area contributed by atoms with E-state index in [1.165, 1.54) is 0 Å². The van der Waals surface area contributed by atoms with Crippen LogP contribution in [0.15, 0.2) is 18.2 Å². The molecule has 1 aliphatic rings. The van der Waals surface area contributed by atoms with Gasteiger partial charge < -0.3 is 10.2 Å². The molecule has 104 valence electrons. The zero-order chi connectivity index (χ0) is 13.8. The van der Waals surface area contributed by atoms with E-state index in [4.69, 9.17) is 0 Å². The number of hydrazine groups is 1. The van der Waals surface area contributed by atoms with Crippen LogP contribution in [0.5, 0.6) is 0 Å². The summed E-state index contributed by atoms with van der Waals surface area (Å²) in [6.45, 7) is 5.67. The fourth-order valence-electron chi connectivity index (χ4n) is 2.20. The second-order valence-corrected chi connectivity index (χ2v) is 5.01. The van der Waals surface area contributed by atoms with Gasteiger partial charge in [0, 0.05) is 44.5 Å². The van der Waals surface area contributed by atoms with E-state index < -0.39 is 0 Å². The van der Waals surface area contributed by atoms with Crippen LogP contribution in [0.3, 0.4) is 0 Å². The summed E-state index contributed by atoms with van der Waals surface area (Å²) in [4.78, 5) is 14.5. The van der Waals surface area contributed by atoms with Crippen molar-refractivity contribution >= 4 is 11.6 Å². The van der Waals surface area contributed by atoms with Crippen molar-refractivity contribution in [2.75, 3.05) is 45.6 Å². The van der Waals surface area contributed by atoms with E-state index in [9.17, 15) is 4.79 Å². The molecule has 1 amide bonds. The minimum Gasteiger partial charge on any atom is -0.388 e. The summed E-state index contributed by atoms with van der Waals surface area (Å²) in [5.41, 5.74) is 5.72. The highest BCUT2D eigenvalue weighted by atomic mass is 16.2. The molecule has 1 aromatic rings. The first-order chi connectivity index (χ1) is 9.10. The summed E-state index contributed by atoms with van der Waals surface area (Å²) in [7, 11) is 3.97. The molecule has 0 radical (unpaired) electrons. The van der Waals surface area contributed by atoms with E-state index in [0.717, 1.165) is 43.0 Å². The number of benzene rings is 1. The van der Waals surface area contributed by atoms with E-state index in [1.807, 2.05) is 37.2 Å². The third kappa shape index (κ3) is 3.45. The number of aryl methyl sites for hydroxylation is 1. The minimum atomic E-state index is -0.0234. The van der Waals surface area contributed by atoms with Crippen molar-refractivity contribution in [3.05, 3.63) is 29.3 Å². The van der Waals surface area contributed by atoms with Crippen LogP contribution < -0.4 is 10.7 Å². The van der Waals surface area contributed by atoms with Gasteiger partial charge in [-0.05, 0) is 37.7 Å². The number of hydrogen-bond donors (Lipinski definition) is 2. The molecule has 0 saturated carbocycles. The summed E-state index contributed by atoms with van der Waals surface area (Å²) in [5.74, 6) is -0.0234. The number of hydrogen-bond acceptors (Lipinski definition) is 4. The number of piperazine rings is 1. The summed E-state index contributed by atoms with van der Waals surface area (Å²) in [6, 6.07) is 5.78. The Morgan fingerprint density at radius 1 is 1.21 bits per heavy atom. The Labute approximate surface area is 114 Å². The lowest BCUT2D eigenvalue weighted by Crippen LogP contribution is -2.52. The molecule has 1 aliphatic heterocycles. The summed E-state index contributed by atoms with van der Waals surface area (Å²) in [6.07, 6.45) is 0. The zero-order valence-electron chi connectivity index (χ0n) is 11.9. The molecular weight excluding hydrogens is 240 g/mol. The van der Waals surface area contributed by atoms with Gasteiger partial charge in [-0.15, -0.1) is 0 Å². The van der Waals surface area contributed by atoms with Crippen LogP contribution in [-0.2, 0) is 0 Å². The second kappa shape index (κ2) is 6.04. The first kappa shape index (κ1) is 13.8. The standard InChI is InChI=1S/C14H22N4O/c1-11-10-12(15-2)4-5-13(11)14(19)16-18-8-6-17(3)7-9-18/h4-5,10,15H,6-9H2,1-3H3,(H,16,19). The second-order valence-electron chi connectivity index (χ2n) is 5.01. The molecule has 0 atom stereocenters. The Kier molecular flexibility index (Phi) is 4.39. The lowest BCUT2D eigenvalue weighted by Gasteiger charge is -2.32. The predicted molar refractivity (Wildman–Crippen MR) is 77.3 cm³/mol. The number of nitrogens with one attached hydrogen (secondary N) is 2. The van der Waals surface area contributed by atoms with E-state index in [0.29, 0.717) is 0 Å². The van der Waals surface area contributed by atoms with Crippen LogP contribution in [0.4, 0.5) is 5.69 Å². The van der Waals surface area contributed by atoms with Crippen molar-refractivity contribution in [3.8, 4) is 0 Å². The minimum absolute atomic E-state index is 0.0234. The molecule has 19 heavy (non-hydrogen) atoms. The molecule has 1 aromatic carbocycles. The molecule has 0 aromatic heterocycles. The molecular formula is C14H22N4O. The molecule has 0 unspecified atom stereocenters. The van der Waals surface area contributed by atoms with Gasteiger partial charge in [0.2, 0.25) is 0 Å². The van der Waals surface area contributed by atoms with Crippen molar-refractivity contribution in [2.24, 2.45) is 0 Å². The maximum atomic E-state index is 12.2. The van der Waals surface area contributed by atoms with Gasteiger partial charge in [-0.2, -0.15) is 0 Å². The lowest BCUT2D eigenvalue weighted by molar-refractivity contribution is 0.0662. The van der Waals surface area contributed by atoms with Gasteiger partial charge >= 0.3 is 0 Å². The van der Waals surface area contributed by atoms with Gasteiger partial charge in [0.1, 0.15) is 0 Å². The Balaban J connectivity index is 2.00. The summed E-state index contributed by atoms with van der Waals surface area (Å²) < 4.78 is 0. The van der Waals surface area contributed by atoms with Gasteiger partial charge in [-0.1, -0.05) is 0 Å². The van der Waals surface area contributed by atoms with Gasteiger partial charge in [0.05, 0.1) is 0 Å². The van der Waals surface area contributed by atoms with Crippen molar-refractivity contribution in [1.29, 1.82) is 0 Å². The highest BCUT2D eigenvalue weighted by Gasteiger charge is 2.17. The molecule has 0 spiro atoms. The number of likely N-dealkylation sites (N-methyl/N-ethyl adjacent to an activating group) is 1. The Hall–Kier alpha value is -1.59. The monoisotopic (exact) mass is 262 g/mol. The molecule has 0 aliphatic carbocycles. The van der Waals surface area contributed by atoms with Crippen LogP contribution in [0, 0.1) is 6.92 Å². The molecule has 0 bridgehead atoms. The normalized spacial score (nSPS) is 17.2.